The highest BCUT2D eigenvalue weighted by Crippen LogP contribution is 2.28. The number of rotatable bonds is 2. The van der Waals surface area contributed by atoms with E-state index in [0.717, 1.165) is 43.3 Å². The van der Waals surface area contributed by atoms with Gasteiger partial charge in [-0.1, -0.05) is 6.07 Å². The lowest BCUT2D eigenvalue weighted by Crippen LogP contribution is -2.44. The van der Waals surface area contributed by atoms with Crippen LogP contribution >= 0.6 is 0 Å². The highest BCUT2D eigenvalue weighted by molar-refractivity contribution is 5.81. The Balaban J connectivity index is 1.57. The third-order valence-electron chi connectivity index (χ3n) is 5.00. The lowest BCUT2D eigenvalue weighted by Gasteiger charge is -2.34. The molecule has 4 rings (SSSR count). The summed E-state index contributed by atoms with van der Waals surface area (Å²) in [5.74, 6) is 0.253. The first-order valence-corrected chi connectivity index (χ1v) is 8.61. The number of hydrogen-bond acceptors (Lipinski definition) is 4. The van der Waals surface area contributed by atoms with Crippen LogP contribution in [0.15, 0.2) is 29.2 Å². The molecule has 2 aliphatic rings. The molecule has 0 bridgehead atoms. The lowest BCUT2D eigenvalue weighted by atomic mass is 9.93. The zero-order chi connectivity index (χ0) is 16.5. The van der Waals surface area contributed by atoms with Crippen molar-refractivity contribution in [2.75, 3.05) is 19.7 Å². The summed E-state index contributed by atoms with van der Waals surface area (Å²) in [6, 6.07) is 5.73. The minimum absolute atomic E-state index is 0.0991. The Hall–Kier alpha value is -2.21. The fourth-order valence-corrected chi connectivity index (χ4v) is 3.74. The predicted octanol–water partition coefficient (Wildman–Crippen LogP) is 1.81. The molecule has 4 heterocycles. The van der Waals surface area contributed by atoms with Gasteiger partial charge < -0.3 is 14.6 Å². The molecule has 0 radical (unpaired) electrons. The quantitative estimate of drug-likeness (QED) is 0.913. The molecule has 6 nitrogen and oxygen atoms in total. The van der Waals surface area contributed by atoms with Crippen molar-refractivity contribution >= 4 is 16.8 Å². The van der Waals surface area contributed by atoms with E-state index in [1.807, 2.05) is 23.1 Å². The molecule has 0 spiro atoms. The number of carbonyl (C=O) groups excluding carboxylic acids is 1. The molecular weight excluding hydrogens is 306 g/mol. The Bertz CT molecular complexity index is 811. The van der Waals surface area contributed by atoms with Gasteiger partial charge in [0.1, 0.15) is 11.6 Å². The van der Waals surface area contributed by atoms with Gasteiger partial charge in [-0.2, -0.15) is 0 Å². The second-order valence-corrected chi connectivity index (χ2v) is 6.62. The molecule has 1 amide bonds. The SMILES string of the molecule is O=C([C@@H]1CCCO1)N1CCC[C@H](c2cc3cccnc3c(=O)[nH]2)C1. The van der Waals surface area contributed by atoms with Crippen LogP contribution in [0.5, 0.6) is 0 Å². The number of aromatic nitrogens is 2. The zero-order valence-electron chi connectivity index (χ0n) is 13.5. The summed E-state index contributed by atoms with van der Waals surface area (Å²) in [6.45, 7) is 2.09. The van der Waals surface area contributed by atoms with Crippen LogP contribution in [0, 0.1) is 0 Å². The first kappa shape index (κ1) is 15.3. The molecule has 0 aliphatic carbocycles. The third-order valence-corrected chi connectivity index (χ3v) is 5.00. The normalized spacial score (nSPS) is 24.4. The largest absolute Gasteiger partial charge is 0.368 e. The molecule has 2 atom stereocenters. The highest BCUT2D eigenvalue weighted by atomic mass is 16.5. The Morgan fingerprint density at radius 1 is 1.33 bits per heavy atom. The van der Waals surface area contributed by atoms with Crippen molar-refractivity contribution in [1.29, 1.82) is 0 Å². The van der Waals surface area contributed by atoms with Gasteiger partial charge in [0.15, 0.2) is 0 Å². The Morgan fingerprint density at radius 3 is 3.08 bits per heavy atom. The van der Waals surface area contributed by atoms with E-state index in [9.17, 15) is 9.59 Å². The van der Waals surface area contributed by atoms with Gasteiger partial charge in [-0.25, -0.2) is 0 Å². The number of likely N-dealkylation sites (tertiary alicyclic amines) is 1. The van der Waals surface area contributed by atoms with Crippen molar-refractivity contribution in [2.45, 2.75) is 37.7 Å². The smallest absolute Gasteiger partial charge is 0.274 e. The van der Waals surface area contributed by atoms with Gasteiger partial charge in [-0.15, -0.1) is 0 Å². The van der Waals surface area contributed by atoms with Crippen molar-refractivity contribution in [3.05, 3.63) is 40.4 Å². The predicted molar refractivity (Wildman–Crippen MR) is 89.9 cm³/mol. The molecule has 1 N–H and O–H groups in total. The van der Waals surface area contributed by atoms with Gasteiger partial charge >= 0.3 is 0 Å². The minimum Gasteiger partial charge on any atom is -0.368 e. The summed E-state index contributed by atoms with van der Waals surface area (Å²) in [7, 11) is 0. The van der Waals surface area contributed by atoms with E-state index in [2.05, 4.69) is 9.97 Å². The number of ether oxygens (including phenoxy) is 1. The molecule has 0 saturated carbocycles. The first-order chi connectivity index (χ1) is 11.7. The first-order valence-electron chi connectivity index (χ1n) is 8.61. The number of piperidine rings is 1. The minimum atomic E-state index is -0.274. The number of pyridine rings is 2. The van der Waals surface area contributed by atoms with Crippen LogP contribution in [-0.2, 0) is 9.53 Å². The Kier molecular flexibility index (Phi) is 4.06. The van der Waals surface area contributed by atoms with E-state index < -0.39 is 0 Å². The summed E-state index contributed by atoms with van der Waals surface area (Å²) < 4.78 is 5.53. The maximum Gasteiger partial charge on any atom is 0.274 e. The summed E-state index contributed by atoms with van der Waals surface area (Å²) in [4.78, 5) is 33.8. The van der Waals surface area contributed by atoms with E-state index in [1.54, 1.807) is 6.20 Å². The van der Waals surface area contributed by atoms with Crippen LogP contribution in [0.25, 0.3) is 10.9 Å². The topological polar surface area (TPSA) is 75.3 Å². The summed E-state index contributed by atoms with van der Waals surface area (Å²) >= 11 is 0. The molecule has 2 fully saturated rings. The third kappa shape index (κ3) is 2.82. The van der Waals surface area contributed by atoms with Gasteiger partial charge in [0.2, 0.25) is 0 Å². The maximum atomic E-state index is 12.6. The van der Waals surface area contributed by atoms with E-state index in [0.29, 0.717) is 18.7 Å². The van der Waals surface area contributed by atoms with Gasteiger partial charge in [0, 0.05) is 42.9 Å². The summed E-state index contributed by atoms with van der Waals surface area (Å²) in [6.07, 6.45) is 5.04. The zero-order valence-corrected chi connectivity index (χ0v) is 13.5. The highest BCUT2D eigenvalue weighted by Gasteiger charge is 2.32. The molecule has 126 valence electrons. The van der Waals surface area contributed by atoms with E-state index >= 15 is 0 Å². The Morgan fingerprint density at radius 2 is 2.25 bits per heavy atom. The average molecular weight is 327 g/mol. The number of nitrogens with zero attached hydrogens (tertiary/aromatic N) is 2. The molecule has 0 aromatic carbocycles. The van der Waals surface area contributed by atoms with E-state index in [-0.39, 0.29) is 23.5 Å². The maximum absolute atomic E-state index is 12.6. The van der Waals surface area contributed by atoms with Crippen molar-refractivity contribution < 1.29 is 9.53 Å². The van der Waals surface area contributed by atoms with Crippen LogP contribution in [0.4, 0.5) is 0 Å². The van der Waals surface area contributed by atoms with Gasteiger partial charge in [0.25, 0.3) is 11.5 Å². The molecule has 6 heteroatoms. The molecule has 24 heavy (non-hydrogen) atoms. The van der Waals surface area contributed by atoms with Crippen molar-refractivity contribution in [1.82, 2.24) is 14.9 Å². The number of hydrogen-bond donors (Lipinski definition) is 1. The van der Waals surface area contributed by atoms with Crippen LogP contribution in [0.3, 0.4) is 0 Å². The van der Waals surface area contributed by atoms with Gasteiger partial charge in [-0.05, 0) is 37.8 Å². The summed E-state index contributed by atoms with van der Waals surface area (Å²) in [5.41, 5.74) is 1.19. The molecular formula is C18H21N3O3. The standard InChI is InChI=1S/C18H21N3O3/c22-17-16-12(4-1-7-19-16)10-14(20-17)13-5-2-8-21(11-13)18(23)15-6-3-9-24-15/h1,4,7,10,13,15H,2-3,5-6,8-9,11H2,(H,20,22)/t13-,15-/m0/s1. The Labute approximate surface area is 139 Å². The molecule has 2 aliphatic heterocycles. The van der Waals surface area contributed by atoms with Crippen LogP contribution in [0.2, 0.25) is 0 Å². The number of fused-ring (bicyclic) bond motifs is 1. The average Bonchev–Trinajstić information content (AvgIpc) is 3.16. The summed E-state index contributed by atoms with van der Waals surface area (Å²) in [5, 5.41) is 0.846. The van der Waals surface area contributed by atoms with Gasteiger partial charge in [0.05, 0.1) is 0 Å². The fraction of sp³-hybridized carbons (Fsp3) is 0.500. The second kappa shape index (κ2) is 6.36. The van der Waals surface area contributed by atoms with E-state index in [1.165, 1.54) is 0 Å². The van der Waals surface area contributed by atoms with Crippen LogP contribution in [-0.4, -0.2) is 46.6 Å². The van der Waals surface area contributed by atoms with Crippen LogP contribution in [0.1, 0.15) is 37.3 Å². The van der Waals surface area contributed by atoms with Gasteiger partial charge in [-0.3, -0.25) is 14.6 Å². The molecule has 2 aromatic heterocycles. The van der Waals surface area contributed by atoms with Crippen LogP contribution < -0.4 is 5.56 Å². The number of nitrogens with one attached hydrogen (secondary N) is 1. The van der Waals surface area contributed by atoms with Crippen molar-refractivity contribution in [2.24, 2.45) is 0 Å². The molecule has 2 saturated heterocycles. The number of carbonyl (C=O) groups is 1. The number of amides is 1. The molecule has 2 aromatic rings. The second-order valence-electron chi connectivity index (χ2n) is 6.62. The lowest BCUT2D eigenvalue weighted by molar-refractivity contribution is -0.142. The van der Waals surface area contributed by atoms with Crippen molar-refractivity contribution in [3.8, 4) is 0 Å². The number of H-pyrrole nitrogens is 1. The van der Waals surface area contributed by atoms with E-state index in [4.69, 9.17) is 4.74 Å². The van der Waals surface area contributed by atoms with Crippen molar-refractivity contribution in [3.63, 3.8) is 0 Å². The molecule has 0 unspecified atom stereocenters. The number of aromatic amines is 1. The monoisotopic (exact) mass is 327 g/mol. The fourth-order valence-electron chi connectivity index (χ4n) is 3.74.